The Kier molecular flexibility index (Phi) is 5.96. The van der Waals surface area contributed by atoms with Crippen molar-refractivity contribution in [2.24, 2.45) is 0 Å². The van der Waals surface area contributed by atoms with Gasteiger partial charge in [0.25, 0.3) is 6.43 Å². The summed E-state index contributed by atoms with van der Waals surface area (Å²) in [5.74, 6) is 0. The second kappa shape index (κ2) is 8.71. The number of alkyl halides is 2. The molecule has 0 spiro atoms. The lowest BCUT2D eigenvalue weighted by atomic mass is 10.1. The van der Waals surface area contributed by atoms with Crippen LogP contribution in [0.15, 0.2) is 23.4 Å². The van der Waals surface area contributed by atoms with Crippen LogP contribution in [-0.4, -0.2) is 70.7 Å². The SMILES string of the molecule is C[C@H]1CN(c2cc(S(=O)(=O)NC3(C#N)CC3)cc3c2ncn3-c2nnc(C(F)F)s2)C[C@@H](CO)O1. The maximum atomic E-state index is 13.3. The van der Waals surface area contributed by atoms with Crippen LogP contribution >= 0.6 is 11.3 Å². The minimum atomic E-state index is -4.11. The number of aliphatic hydroxyl groups excluding tert-OH is 1. The molecule has 2 N–H and O–H groups in total. The van der Waals surface area contributed by atoms with Crippen LogP contribution in [0.25, 0.3) is 16.2 Å². The Morgan fingerprint density at radius 1 is 1.37 bits per heavy atom. The molecule has 35 heavy (non-hydrogen) atoms. The van der Waals surface area contributed by atoms with Crippen molar-refractivity contribution >= 4 is 38.1 Å². The Morgan fingerprint density at radius 2 is 2.14 bits per heavy atom. The van der Waals surface area contributed by atoms with Gasteiger partial charge >= 0.3 is 0 Å². The summed E-state index contributed by atoms with van der Waals surface area (Å²) in [6, 6.07) is 4.85. The Labute approximate surface area is 203 Å². The molecule has 2 aromatic heterocycles. The number of ether oxygens (including phenoxy) is 1. The number of anilines is 1. The van der Waals surface area contributed by atoms with Crippen molar-refractivity contribution < 1.29 is 27.0 Å². The molecule has 5 rings (SSSR count). The second-order valence-electron chi connectivity index (χ2n) is 8.60. The van der Waals surface area contributed by atoms with Gasteiger partial charge in [0.15, 0.2) is 5.01 Å². The summed E-state index contributed by atoms with van der Waals surface area (Å²) in [4.78, 5) is 6.19. The lowest BCUT2D eigenvalue weighted by molar-refractivity contribution is -0.0420. The smallest absolute Gasteiger partial charge is 0.291 e. The molecule has 1 aromatic carbocycles. The summed E-state index contributed by atoms with van der Waals surface area (Å²) in [6.45, 7) is 2.32. The molecule has 0 amide bonds. The minimum absolute atomic E-state index is 0.107. The summed E-state index contributed by atoms with van der Waals surface area (Å²) in [7, 11) is -4.11. The molecule has 11 nitrogen and oxygen atoms in total. The van der Waals surface area contributed by atoms with Crippen LogP contribution in [0, 0.1) is 11.3 Å². The van der Waals surface area contributed by atoms with Crippen LogP contribution in [0.2, 0.25) is 0 Å². The van der Waals surface area contributed by atoms with E-state index in [1.54, 1.807) is 0 Å². The van der Waals surface area contributed by atoms with Gasteiger partial charge in [0.05, 0.1) is 41.0 Å². The fourth-order valence-electron chi connectivity index (χ4n) is 4.05. The van der Waals surface area contributed by atoms with E-state index in [-0.39, 0.29) is 29.3 Å². The van der Waals surface area contributed by atoms with Gasteiger partial charge in [-0.1, -0.05) is 11.3 Å². The molecular weight excluding hydrogens is 504 g/mol. The first-order valence-electron chi connectivity index (χ1n) is 10.7. The standard InChI is InChI=1S/C20H21F2N7O4S2/c1-11-6-28(7-12(8-30)33-11)14-4-13(35(31,32)27-20(9-23)2-3-20)5-15-16(14)24-10-29(15)19-26-25-18(34-19)17(21)22/h4-5,10-12,17,27,30H,2-3,6-8H2,1H3/t11-,12-/m0/s1. The molecule has 2 atom stereocenters. The largest absolute Gasteiger partial charge is 0.394 e. The van der Waals surface area contributed by atoms with Crippen LogP contribution in [0.1, 0.15) is 31.2 Å². The maximum absolute atomic E-state index is 13.3. The Bertz CT molecular complexity index is 1410. The van der Waals surface area contributed by atoms with Crippen molar-refractivity contribution in [1.82, 2.24) is 24.5 Å². The van der Waals surface area contributed by atoms with Crippen molar-refractivity contribution in [2.45, 2.75) is 48.8 Å². The zero-order valence-electron chi connectivity index (χ0n) is 18.4. The number of aliphatic hydroxyl groups is 1. The third-order valence-corrected chi connectivity index (χ3v) is 8.35. The molecule has 0 unspecified atom stereocenters. The molecule has 2 fully saturated rings. The number of rotatable bonds is 7. The molecule has 1 aliphatic heterocycles. The van der Waals surface area contributed by atoms with Crippen LogP contribution in [0.4, 0.5) is 14.5 Å². The number of fused-ring (bicyclic) bond motifs is 1. The average Bonchev–Trinajstić information content (AvgIpc) is 3.21. The minimum Gasteiger partial charge on any atom is -0.394 e. The number of imidazole rings is 1. The summed E-state index contributed by atoms with van der Waals surface area (Å²) in [6.07, 6.45) is -1.33. The predicted molar refractivity (Wildman–Crippen MR) is 121 cm³/mol. The van der Waals surface area contributed by atoms with Gasteiger partial charge in [-0.15, -0.1) is 10.2 Å². The van der Waals surface area contributed by atoms with Crippen molar-refractivity contribution in [3.63, 3.8) is 0 Å². The van der Waals surface area contributed by atoms with Crippen molar-refractivity contribution in [3.05, 3.63) is 23.5 Å². The van der Waals surface area contributed by atoms with Crippen molar-refractivity contribution in [1.29, 1.82) is 5.26 Å². The summed E-state index contributed by atoms with van der Waals surface area (Å²) < 4.78 is 62.3. The monoisotopic (exact) mass is 525 g/mol. The first kappa shape index (κ1) is 23.9. The Morgan fingerprint density at radius 3 is 2.77 bits per heavy atom. The Hall–Kier alpha value is -2.77. The number of benzene rings is 1. The number of nitrogens with zero attached hydrogens (tertiary/aromatic N) is 6. The highest BCUT2D eigenvalue weighted by Crippen LogP contribution is 2.38. The van der Waals surface area contributed by atoms with E-state index in [0.29, 0.717) is 47.4 Å². The van der Waals surface area contributed by atoms with Gasteiger partial charge in [0.2, 0.25) is 15.2 Å². The first-order chi connectivity index (χ1) is 16.6. The third-order valence-electron chi connectivity index (χ3n) is 5.90. The molecule has 1 saturated heterocycles. The highest BCUT2D eigenvalue weighted by Gasteiger charge is 2.47. The topological polar surface area (TPSA) is 146 Å². The average molecular weight is 526 g/mol. The number of halogens is 2. The van der Waals surface area contributed by atoms with E-state index < -0.39 is 33.1 Å². The van der Waals surface area contributed by atoms with Crippen molar-refractivity contribution in [3.8, 4) is 11.2 Å². The molecule has 0 radical (unpaired) electrons. The normalized spacial score (nSPS) is 22.0. The van der Waals surface area contributed by atoms with Gasteiger partial charge in [-0.05, 0) is 31.9 Å². The first-order valence-corrected chi connectivity index (χ1v) is 13.0. The van der Waals surface area contributed by atoms with E-state index in [1.165, 1.54) is 23.0 Å². The molecule has 186 valence electrons. The molecule has 2 aliphatic rings. The quantitative estimate of drug-likeness (QED) is 0.471. The number of aromatic nitrogens is 4. The van der Waals surface area contributed by atoms with Crippen LogP contribution < -0.4 is 9.62 Å². The highest BCUT2D eigenvalue weighted by atomic mass is 32.2. The van der Waals surface area contributed by atoms with Gasteiger partial charge in [0, 0.05) is 13.1 Å². The number of sulfonamides is 1. The molecule has 1 saturated carbocycles. The highest BCUT2D eigenvalue weighted by molar-refractivity contribution is 7.89. The summed E-state index contributed by atoms with van der Waals surface area (Å²) in [5.41, 5.74) is 0.0802. The van der Waals surface area contributed by atoms with Crippen LogP contribution in [-0.2, 0) is 14.8 Å². The molecule has 0 bridgehead atoms. The zero-order valence-corrected chi connectivity index (χ0v) is 20.1. The number of morpholine rings is 1. The lowest BCUT2D eigenvalue weighted by Gasteiger charge is -2.37. The molecule has 1 aliphatic carbocycles. The van der Waals surface area contributed by atoms with E-state index >= 15 is 0 Å². The van der Waals surface area contributed by atoms with Gasteiger partial charge in [-0.3, -0.25) is 4.57 Å². The summed E-state index contributed by atoms with van der Waals surface area (Å²) >= 11 is 0.672. The second-order valence-corrected chi connectivity index (χ2v) is 11.3. The van der Waals surface area contributed by atoms with E-state index in [1.807, 2.05) is 17.9 Å². The Balaban J connectivity index is 1.66. The lowest BCUT2D eigenvalue weighted by Crippen LogP contribution is -2.48. The third kappa shape index (κ3) is 4.47. The van der Waals surface area contributed by atoms with E-state index in [4.69, 9.17) is 4.74 Å². The van der Waals surface area contributed by atoms with Crippen molar-refractivity contribution in [2.75, 3.05) is 24.6 Å². The van der Waals surface area contributed by atoms with Crippen LogP contribution in [0.5, 0.6) is 0 Å². The van der Waals surface area contributed by atoms with E-state index in [2.05, 4.69) is 19.9 Å². The van der Waals surface area contributed by atoms with Gasteiger partial charge in [-0.25, -0.2) is 22.2 Å². The molecule has 3 heterocycles. The molecule has 3 aromatic rings. The fraction of sp³-hybridized carbons (Fsp3) is 0.500. The maximum Gasteiger partial charge on any atom is 0.291 e. The van der Waals surface area contributed by atoms with Gasteiger partial charge in [0.1, 0.15) is 17.4 Å². The van der Waals surface area contributed by atoms with Gasteiger partial charge < -0.3 is 14.7 Å². The molecular formula is C20H21F2N7O4S2. The van der Waals surface area contributed by atoms with Gasteiger partial charge in [-0.2, -0.15) is 9.98 Å². The zero-order chi connectivity index (χ0) is 25.0. The number of nitrogens with one attached hydrogen (secondary N) is 1. The number of hydrogen-bond donors (Lipinski definition) is 2. The predicted octanol–water partition coefficient (Wildman–Crippen LogP) is 1.74. The van der Waals surface area contributed by atoms with E-state index in [9.17, 15) is 27.6 Å². The van der Waals surface area contributed by atoms with E-state index in [0.717, 1.165) is 0 Å². The number of nitriles is 1. The van der Waals surface area contributed by atoms with Crippen LogP contribution in [0.3, 0.4) is 0 Å². The molecule has 15 heteroatoms. The fourth-order valence-corrected chi connectivity index (χ4v) is 6.15. The summed E-state index contributed by atoms with van der Waals surface area (Å²) in [5, 5.41) is 26.0. The number of hydrogen-bond acceptors (Lipinski definition) is 10.